The van der Waals surface area contributed by atoms with Crippen molar-refractivity contribution >= 4 is 16.3 Å². The highest BCUT2D eigenvalue weighted by molar-refractivity contribution is 7.15. The third-order valence-electron chi connectivity index (χ3n) is 3.91. The highest BCUT2D eigenvalue weighted by Crippen LogP contribution is 2.16. The summed E-state index contributed by atoms with van der Waals surface area (Å²) in [5, 5.41) is 5.73. The molecule has 1 aliphatic rings. The Hall–Kier alpha value is -0.910. The number of rotatable bonds is 5. The van der Waals surface area contributed by atoms with Gasteiger partial charge in [-0.15, -0.1) is 11.3 Å². The molecule has 3 rings (SSSR count). The van der Waals surface area contributed by atoms with Gasteiger partial charge in [0.15, 0.2) is 4.96 Å². The van der Waals surface area contributed by atoms with E-state index in [1.165, 1.54) is 31.6 Å². The Balaban J connectivity index is 1.58. The Morgan fingerprint density at radius 2 is 2.21 bits per heavy atom. The van der Waals surface area contributed by atoms with Crippen molar-refractivity contribution < 1.29 is 0 Å². The lowest BCUT2D eigenvalue weighted by Crippen LogP contribution is -2.37. The van der Waals surface area contributed by atoms with Gasteiger partial charge in [0.1, 0.15) is 0 Å². The van der Waals surface area contributed by atoms with Crippen LogP contribution in [0.3, 0.4) is 0 Å². The van der Waals surface area contributed by atoms with E-state index in [-0.39, 0.29) is 0 Å². The molecule has 2 aromatic heterocycles. The van der Waals surface area contributed by atoms with E-state index in [0.29, 0.717) is 6.04 Å². The number of likely N-dealkylation sites (tertiary alicyclic amines) is 1. The van der Waals surface area contributed by atoms with E-state index in [1.54, 1.807) is 11.3 Å². The molecule has 104 valence electrons. The first kappa shape index (κ1) is 13.1. The van der Waals surface area contributed by atoms with E-state index in [4.69, 9.17) is 0 Å². The molecule has 2 aromatic rings. The number of imidazole rings is 1. The van der Waals surface area contributed by atoms with E-state index in [9.17, 15) is 0 Å². The van der Waals surface area contributed by atoms with Crippen LogP contribution in [0.1, 0.15) is 31.2 Å². The van der Waals surface area contributed by atoms with Gasteiger partial charge in [-0.1, -0.05) is 0 Å². The molecule has 0 saturated carbocycles. The van der Waals surface area contributed by atoms with Gasteiger partial charge in [0.25, 0.3) is 0 Å². The molecule has 3 heterocycles. The van der Waals surface area contributed by atoms with Crippen LogP contribution < -0.4 is 5.32 Å². The molecule has 1 N–H and O–H groups in total. The summed E-state index contributed by atoms with van der Waals surface area (Å²) in [5.74, 6) is 0. The first-order valence-electron chi connectivity index (χ1n) is 7.11. The number of hydrogen-bond donors (Lipinski definition) is 1. The van der Waals surface area contributed by atoms with Gasteiger partial charge in [-0.2, -0.15) is 0 Å². The molecule has 0 spiro atoms. The number of fused-ring (bicyclic) bond motifs is 1. The van der Waals surface area contributed by atoms with E-state index in [2.05, 4.69) is 45.0 Å². The molecule has 1 unspecified atom stereocenters. The molecule has 1 saturated heterocycles. The van der Waals surface area contributed by atoms with E-state index in [1.807, 2.05) is 0 Å². The number of hydrogen-bond acceptors (Lipinski definition) is 4. The summed E-state index contributed by atoms with van der Waals surface area (Å²) in [6.45, 7) is 8.98. The van der Waals surface area contributed by atoms with Crippen molar-refractivity contribution in [3.63, 3.8) is 0 Å². The first-order chi connectivity index (χ1) is 9.24. The first-order valence-corrected chi connectivity index (χ1v) is 7.99. The number of thiazole rings is 1. The quantitative estimate of drug-likeness (QED) is 0.911. The van der Waals surface area contributed by atoms with Crippen LogP contribution in [0, 0.1) is 6.92 Å². The van der Waals surface area contributed by atoms with Crippen molar-refractivity contribution in [1.29, 1.82) is 0 Å². The van der Waals surface area contributed by atoms with Crippen molar-refractivity contribution in [2.24, 2.45) is 0 Å². The highest BCUT2D eigenvalue weighted by atomic mass is 32.1. The molecule has 0 radical (unpaired) electrons. The Kier molecular flexibility index (Phi) is 3.86. The van der Waals surface area contributed by atoms with Crippen molar-refractivity contribution in [1.82, 2.24) is 19.6 Å². The fourth-order valence-electron chi connectivity index (χ4n) is 2.84. The molecule has 0 bridgehead atoms. The Bertz CT molecular complexity index is 539. The van der Waals surface area contributed by atoms with Crippen LogP contribution in [0.15, 0.2) is 11.6 Å². The van der Waals surface area contributed by atoms with Crippen molar-refractivity contribution in [2.45, 2.75) is 39.3 Å². The molecular formula is C14H22N4S. The summed E-state index contributed by atoms with van der Waals surface area (Å²) >= 11 is 1.70. The lowest BCUT2D eigenvalue weighted by molar-refractivity contribution is 0.297. The van der Waals surface area contributed by atoms with Gasteiger partial charge >= 0.3 is 0 Å². The average molecular weight is 278 g/mol. The van der Waals surface area contributed by atoms with Crippen molar-refractivity contribution in [3.05, 3.63) is 23.0 Å². The van der Waals surface area contributed by atoms with Gasteiger partial charge in [-0.3, -0.25) is 4.40 Å². The Morgan fingerprint density at radius 1 is 1.42 bits per heavy atom. The van der Waals surface area contributed by atoms with E-state index < -0.39 is 0 Å². The van der Waals surface area contributed by atoms with Crippen LogP contribution in [0.5, 0.6) is 0 Å². The zero-order valence-electron chi connectivity index (χ0n) is 11.7. The monoisotopic (exact) mass is 278 g/mol. The lowest BCUT2D eigenvalue weighted by atomic mass is 10.2. The van der Waals surface area contributed by atoms with Gasteiger partial charge in [0.2, 0.25) is 0 Å². The van der Waals surface area contributed by atoms with Gasteiger partial charge in [-0.25, -0.2) is 4.98 Å². The third kappa shape index (κ3) is 2.83. The fourth-order valence-corrected chi connectivity index (χ4v) is 3.62. The standard InChI is InChI=1S/C14H22N4S/c1-11(10-17-5-3-4-6-17)15-9-13-12(2)16-14-18(13)7-8-19-14/h7-8,11,15H,3-6,9-10H2,1-2H3. The molecule has 4 nitrogen and oxygen atoms in total. The highest BCUT2D eigenvalue weighted by Gasteiger charge is 2.15. The molecule has 0 amide bonds. The molecule has 5 heteroatoms. The lowest BCUT2D eigenvalue weighted by Gasteiger charge is -2.21. The predicted molar refractivity (Wildman–Crippen MR) is 79.8 cm³/mol. The normalized spacial score (nSPS) is 18.4. The maximum atomic E-state index is 4.59. The summed E-state index contributed by atoms with van der Waals surface area (Å²) in [5.41, 5.74) is 2.44. The van der Waals surface area contributed by atoms with Crippen molar-refractivity contribution in [2.75, 3.05) is 19.6 Å². The predicted octanol–water partition coefficient (Wildman–Crippen LogP) is 2.28. The second-order valence-corrected chi connectivity index (χ2v) is 6.36. The average Bonchev–Trinajstić information content (AvgIpc) is 3.05. The van der Waals surface area contributed by atoms with Gasteiger partial charge in [-0.05, 0) is 39.8 Å². The number of nitrogens with one attached hydrogen (secondary N) is 1. The Morgan fingerprint density at radius 3 is 3.00 bits per heavy atom. The summed E-state index contributed by atoms with van der Waals surface area (Å²) in [6, 6.07) is 0.529. The molecule has 1 aliphatic heterocycles. The second-order valence-electron chi connectivity index (χ2n) is 5.49. The number of nitrogens with zero attached hydrogens (tertiary/aromatic N) is 3. The number of aryl methyl sites for hydroxylation is 1. The molecule has 1 fully saturated rings. The van der Waals surface area contributed by atoms with Gasteiger partial charge < -0.3 is 10.2 Å². The van der Waals surface area contributed by atoms with Crippen molar-refractivity contribution in [3.8, 4) is 0 Å². The molecule has 1 atom stereocenters. The van der Waals surface area contributed by atoms with Crippen LogP contribution in [-0.2, 0) is 6.54 Å². The maximum Gasteiger partial charge on any atom is 0.194 e. The van der Waals surface area contributed by atoms with Gasteiger partial charge in [0, 0.05) is 30.7 Å². The van der Waals surface area contributed by atoms with Crippen LogP contribution in [-0.4, -0.2) is 40.0 Å². The third-order valence-corrected chi connectivity index (χ3v) is 4.67. The van der Waals surface area contributed by atoms with Crippen LogP contribution in [0.4, 0.5) is 0 Å². The fraction of sp³-hybridized carbons (Fsp3) is 0.643. The van der Waals surface area contributed by atoms with Crippen LogP contribution >= 0.6 is 11.3 Å². The second kappa shape index (κ2) is 5.61. The summed E-state index contributed by atoms with van der Waals surface area (Å²) in [4.78, 5) is 8.24. The SMILES string of the molecule is Cc1nc2sccn2c1CNC(C)CN1CCCC1. The summed E-state index contributed by atoms with van der Waals surface area (Å²) < 4.78 is 2.20. The van der Waals surface area contributed by atoms with E-state index in [0.717, 1.165) is 23.7 Å². The topological polar surface area (TPSA) is 32.6 Å². The molecule has 0 aliphatic carbocycles. The molecule has 0 aromatic carbocycles. The van der Waals surface area contributed by atoms with Gasteiger partial charge in [0.05, 0.1) is 11.4 Å². The number of aromatic nitrogens is 2. The van der Waals surface area contributed by atoms with Crippen LogP contribution in [0.25, 0.3) is 4.96 Å². The minimum atomic E-state index is 0.529. The zero-order valence-corrected chi connectivity index (χ0v) is 12.5. The molecular weight excluding hydrogens is 256 g/mol. The molecule has 19 heavy (non-hydrogen) atoms. The largest absolute Gasteiger partial charge is 0.307 e. The minimum absolute atomic E-state index is 0.529. The zero-order chi connectivity index (χ0) is 13.2. The van der Waals surface area contributed by atoms with E-state index >= 15 is 0 Å². The summed E-state index contributed by atoms with van der Waals surface area (Å²) in [6.07, 6.45) is 4.84. The van der Waals surface area contributed by atoms with Crippen LogP contribution in [0.2, 0.25) is 0 Å². The Labute approximate surface area is 118 Å². The minimum Gasteiger partial charge on any atom is -0.307 e. The maximum absolute atomic E-state index is 4.59. The smallest absolute Gasteiger partial charge is 0.194 e. The summed E-state index contributed by atoms with van der Waals surface area (Å²) in [7, 11) is 0.